The minimum Gasteiger partial charge on any atom is -0.326 e. The lowest BCUT2D eigenvalue weighted by molar-refractivity contribution is -0.115. The number of carbonyl (C=O) groups excluding carboxylic acids is 1. The third kappa shape index (κ3) is 3.29. The van der Waals surface area contributed by atoms with Crippen LogP contribution in [0.5, 0.6) is 0 Å². The van der Waals surface area contributed by atoms with E-state index in [1.165, 1.54) is 6.07 Å². The maximum absolute atomic E-state index is 13.7. The van der Waals surface area contributed by atoms with Crippen LogP contribution in [-0.2, 0) is 24.1 Å². The fraction of sp³-hybridized carbons (Fsp3) is 0.143. The molecule has 0 fully saturated rings. The van der Waals surface area contributed by atoms with Crippen molar-refractivity contribution in [2.75, 3.05) is 5.32 Å². The van der Waals surface area contributed by atoms with Crippen LogP contribution in [0.2, 0.25) is 0 Å². The third-order valence-electron chi connectivity index (χ3n) is 4.50. The molecule has 25 heavy (non-hydrogen) atoms. The van der Waals surface area contributed by atoms with E-state index < -0.39 is 0 Å². The Morgan fingerprint density at radius 1 is 1.00 bits per heavy atom. The summed E-state index contributed by atoms with van der Waals surface area (Å²) in [5, 5.41) is 2.87. The molecule has 0 unspecified atom stereocenters. The van der Waals surface area contributed by atoms with Crippen LogP contribution in [0.4, 0.5) is 10.1 Å². The molecule has 0 radical (unpaired) electrons. The molecule has 3 aromatic rings. The SMILES string of the molecule is O=C1Cc2ccc(-c3cncc(CCc4ccccc4F)c3)cc2N1. The summed E-state index contributed by atoms with van der Waals surface area (Å²) in [6.45, 7) is 0. The van der Waals surface area contributed by atoms with Crippen LogP contribution in [0.15, 0.2) is 60.9 Å². The van der Waals surface area contributed by atoms with Gasteiger partial charge in [0.15, 0.2) is 0 Å². The van der Waals surface area contributed by atoms with Gasteiger partial charge in [-0.1, -0.05) is 30.3 Å². The average molecular weight is 332 g/mol. The third-order valence-corrected chi connectivity index (χ3v) is 4.50. The summed E-state index contributed by atoms with van der Waals surface area (Å²) in [7, 11) is 0. The molecule has 0 spiro atoms. The van der Waals surface area contributed by atoms with E-state index in [4.69, 9.17) is 0 Å². The number of benzene rings is 2. The Hall–Kier alpha value is -3.01. The lowest BCUT2D eigenvalue weighted by Crippen LogP contribution is -2.03. The molecule has 0 saturated heterocycles. The molecule has 1 aliphatic rings. The number of nitrogens with zero attached hydrogens (tertiary/aromatic N) is 1. The molecule has 1 aliphatic heterocycles. The first-order valence-corrected chi connectivity index (χ1v) is 8.29. The Kier molecular flexibility index (Phi) is 4.02. The van der Waals surface area contributed by atoms with Gasteiger partial charge in [0.2, 0.25) is 5.91 Å². The van der Waals surface area contributed by atoms with Gasteiger partial charge < -0.3 is 5.32 Å². The van der Waals surface area contributed by atoms with Crippen LogP contribution in [0.25, 0.3) is 11.1 Å². The fourth-order valence-electron chi connectivity index (χ4n) is 3.16. The first-order chi connectivity index (χ1) is 12.2. The highest BCUT2D eigenvalue weighted by Gasteiger charge is 2.17. The van der Waals surface area contributed by atoms with E-state index in [1.54, 1.807) is 6.07 Å². The fourth-order valence-corrected chi connectivity index (χ4v) is 3.16. The van der Waals surface area contributed by atoms with Crippen molar-refractivity contribution in [3.05, 3.63) is 83.4 Å². The zero-order valence-electron chi connectivity index (χ0n) is 13.6. The number of hydrogen-bond donors (Lipinski definition) is 1. The van der Waals surface area contributed by atoms with Crippen LogP contribution >= 0.6 is 0 Å². The zero-order valence-corrected chi connectivity index (χ0v) is 13.6. The van der Waals surface area contributed by atoms with E-state index in [0.717, 1.165) is 34.4 Å². The second-order valence-electron chi connectivity index (χ2n) is 6.27. The van der Waals surface area contributed by atoms with Gasteiger partial charge in [-0.15, -0.1) is 0 Å². The maximum atomic E-state index is 13.7. The van der Waals surface area contributed by atoms with Gasteiger partial charge in [-0.3, -0.25) is 9.78 Å². The number of rotatable bonds is 4. The van der Waals surface area contributed by atoms with E-state index in [2.05, 4.69) is 16.4 Å². The molecule has 4 rings (SSSR count). The Bertz CT molecular complexity index is 952. The van der Waals surface area contributed by atoms with Gasteiger partial charge in [0.05, 0.1) is 6.42 Å². The Balaban J connectivity index is 1.55. The number of anilines is 1. The highest BCUT2D eigenvalue weighted by atomic mass is 19.1. The van der Waals surface area contributed by atoms with E-state index in [9.17, 15) is 9.18 Å². The standard InChI is InChI=1S/C21H17FN2O/c22-19-4-2-1-3-15(19)6-5-14-9-18(13-23-12-14)16-7-8-17-11-21(25)24-20(17)10-16/h1-4,7-10,12-13H,5-6,11H2,(H,24,25). The molecule has 124 valence electrons. The second-order valence-corrected chi connectivity index (χ2v) is 6.27. The number of hydrogen-bond acceptors (Lipinski definition) is 2. The van der Waals surface area contributed by atoms with Gasteiger partial charge in [0, 0.05) is 23.6 Å². The lowest BCUT2D eigenvalue weighted by atomic mass is 10.00. The normalized spacial score (nSPS) is 12.8. The largest absolute Gasteiger partial charge is 0.326 e. The summed E-state index contributed by atoms with van der Waals surface area (Å²) < 4.78 is 13.7. The number of pyridine rings is 1. The van der Waals surface area contributed by atoms with Crippen LogP contribution in [0.1, 0.15) is 16.7 Å². The number of amides is 1. The number of carbonyl (C=O) groups is 1. The van der Waals surface area contributed by atoms with Crippen molar-refractivity contribution >= 4 is 11.6 Å². The molecule has 2 heterocycles. The summed E-state index contributed by atoms with van der Waals surface area (Å²) in [6, 6.07) is 14.9. The Morgan fingerprint density at radius 3 is 2.76 bits per heavy atom. The van der Waals surface area contributed by atoms with Gasteiger partial charge in [-0.05, 0) is 53.3 Å². The van der Waals surface area contributed by atoms with Gasteiger partial charge >= 0.3 is 0 Å². The first-order valence-electron chi connectivity index (χ1n) is 8.29. The smallest absolute Gasteiger partial charge is 0.228 e. The topological polar surface area (TPSA) is 42.0 Å². The van der Waals surface area contributed by atoms with E-state index in [0.29, 0.717) is 18.4 Å². The highest BCUT2D eigenvalue weighted by Crippen LogP contribution is 2.29. The maximum Gasteiger partial charge on any atom is 0.228 e. The first kappa shape index (κ1) is 15.5. The minimum atomic E-state index is -0.166. The van der Waals surface area contributed by atoms with Crippen molar-refractivity contribution in [1.82, 2.24) is 4.98 Å². The average Bonchev–Trinajstić information content (AvgIpc) is 3.00. The molecule has 1 aromatic heterocycles. The minimum absolute atomic E-state index is 0.0314. The number of aryl methyl sites for hydroxylation is 2. The molecule has 0 atom stereocenters. The Labute approximate surface area is 145 Å². The van der Waals surface area contributed by atoms with Crippen molar-refractivity contribution in [2.45, 2.75) is 19.3 Å². The number of nitrogens with one attached hydrogen (secondary N) is 1. The molecule has 0 aliphatic carbocycles. The predicted molar refractivity (Wildman–Crippen MR) is 95.8 cm³/mol. The van der Waals surface area contributed by atoms with Crippen molar-refractivity contribution in [2.24, 2.45) is 0 Å². The molecule has 1 N–H and O–H groups in total. The molecular formula is C21H17FN2O. The van der Waals surface area contributed by atoms with Gasteiger partial charge in [0.25, 0.3) is 0 Å². The van der Waals surface area contributed by atoms with Crippen molar-refractivity contribution < 1.29 is 9.18 Å². The van der Waals surface area contributed by atoms with Crippen molar-refractivity contribution in [1.29, 1.82) is 0 Å². The van der Waals surface area contributed by atoms with Gasteiger partial charge in [-0.2, -0.15) is 0 Å². The lowest BCUT2D eigenvalue weighted by Gasteiger charge is -2.08. The summed E-state index contributed by atoms with van der Waals surface area (Å²) in [5.74, 6) is -0.134. The van der Waals surface area contributed by atoms with Crippen LogP contribution in [-0.4, -0.2) is 10.9 Å². The highest BCUT2D eigenvalue weighted by molar-refractivity contribution is 5.99. The van der Waals surface area contributed by atoms with E-state index in [1.807, 2.05) is 42.7 Å². The van der Waals surface area contributed by atoms with E-state index in [-0.39, 0.29) is 11.7 Å². The van der Waals surface area contributed by atoms with Crippen LogP contribution in [0.3, 0.4) is 0 Å². The zero-order chi connectivity index (χ0) is 17.2. The van der Waals surface area contributed by atoms with Crippen LogP contribution in [0, 0.1) is 5.82 Å². The molecular weight excluding hydrogens is 315 g/mol. The van der Waals surface area contributed by atoms with Crippen molar-refractivity contribution in [3.63, 3.8) is 0 Å². The quantitative estimate of drug-likeness (QED) is 0.779. The summed E-state index contributed by atoms with van der Waals surface area (Å²) in [5.41, 5.74) is 5.69. The molecule has 4 heteroatoms. The summed E-state index contributed by atoms with van der Waals surface area (Å²) in [4.78, 5) is 15.8. The molecule has 3 nitrogen and oxygen atoms in total. The second kappa shape index (κ2) is 6.48. The molecule has 2 aromatic carbocycles. The monoisotopic (exact) mass is 332 g/mol. The molecule has 1 amide bonds. The van der Waals surface area contributed by atoms with E-state index >= 15 is 0 Å². The molecule has 0 saturated carbocycles. The van der Waals surface area contributed by atoms with Crippen molar-refractivity contribution in [3.8, 4) is 11.1 Å². The van der Waals surface area contributed by atoms with Crippen LogP contribution < -0.4 is 5.32 Å². The number of aromatic nitrogens is 1. The number of halogens is 1. The summed E-state index contributed by atoms with van der Waals surface area (Å²) >= 11 is 0. The number of fused-ring (bicyclic) bond motifs is 1. The predicted octanol–water partition coefficient (Wildman–Crippen LogP) is 4.17. The Morgan fingerprint density at radius 2 is 1.88 bits per heavy atom. The summed E-state index contributed by atoms with van der Waals surface area (Å²) in [6.07, 6.45) is 5.43. The van der Waals surface area contributed by atoms with Gasteiger partial charge in [-0.25, -0.2) is 4.39 Å². The van der Waals surface area contributed by atoms with Gasteiger partial charge in [0.1, 0.15) is 5.82 Å². The molecule has 0 bridgehead atoms.